The van der Waals surface area contributed by atoms with Gasteiger partial charge in [0, 0.05) is 11.8 Å². The number of carbonyl (C=O) groups excluding carboxylic acids is 1. The largest absolute Gasteiger partial charge is 0.394 e. The first-order valence-corrected chi connectivity index (χ1v) is 5.99. The molecule has 6 nitrogen and oxygen atoms in total. The number of aliphatic hydroxyl groups is 5. The molecule has 0 aliphatic heterocycles. The molecule has 0 aromatic heterocycles. The van der Waals surface area contributed by atoms with Crippen LogP contribution >= 0.6 is 15.9 Å². The fourth-order valence-corrected chi connectivity index (χ4v) is 1.38. The van der Waals surface area contributed by atoms with Crippen molar-refractivity contribution in [2.24, 2.45) is 0 Å². The molecule has 16 heavy (non-hydrogen) atoms. The minimum absolute atomic E-state index is 0.0609. The minimum atomic E-state index is -1.80. The average molecular weight is 301 g/mol. The Morgan fingerprint density at radius 3 is 2.12 bits per heavy atom. The number of hydrogen-bond acceptors (Lipinski definition) is 6. The van der Waals surface area contributed by atoms with Crippen molar-refractivity contribution in [1.82, 2.24) is 0 Å². The van der Waals surface area contributed by atoms with E-state index in [4.69, 9.17) is 10.2 Å². The quantitative estimate of drug-likeness (QED) is 0.336. The van der Waals surface area contributed by atoms with Crippen LogP contribution in [0.2, 0.25) is 0 Å². The van der Waals surface area contributed by atoms with Gasteiger partial charge in [0.05, 0.1) is 6.61 Å². The van der Waals surface area contributed by atoms with Crippen molar-refractivity contribution in [3.05, 3.63) is 0 Å². The Balaban J connectivity index is 4.25. The van der Waals surface area contributed by atoms with E-state index in [1.807, 2.05) is 0 Å². The summed E-state index contributed by atoms with van der Waals surface area (Å²) in [6.07, 6.45) is -6.34. The number of halogens is 1. The Kier molecular flexibility index (Phi) is 8.08. The maximum atomic E-state index is 11.3. The Morgan fingerprint density at radius 1 is 1.12 bits per heavy atom. The molecule has 0 heterocycles. The van der Waals surface area contributed by atoms with Gasteiger partial charge in [-0.25, -0.2) is 0 Å². The number of Topliss-reactive ketones (excluding diaryl/α,β-unsaturated/α-hetero) is 1. The molecule has 0 aromatic rings. The fourth-order valence-electron chi connectivity index (χ4n) is 1.10. The van der Waals surface area contributed by atoms with E-state index in [9.17, 15) is 20.1 Å². The Bertz CT molecular complexity index is 212. The van der Waals surface area contributed by atoms with E-state index in [1.54, 1.807) is 0 Å². The molecule has 0 fully saturated rings. The van der Waals surface area contributed by atoms with Crippen LogP contribution in [-0.4, -0.2) is 67.7 Å². The smallest absolute Gasteiger partial charge is 0.164 e. The SMILES string of the molecule is O=C(CCCBr)[C@@H](O)[C@@H](O)[C@H](O)[C@H](O)CO. The molecule has 0 aliphatic rings. The second-order valence-corrected chi connectivity index (χ2v) is 4.23. The third-order valence-corrected chi connectivity index (χ3v) is 2.70. The van der Waals surface area contributed by atoms with Crippen LogP contribution in [0.3, 0.4) is 0 Å². The van der Waals surface area contributed by atoms with Crippen LogP contribution in [0.4, 0.5) is 0 Å². The van der Waals surface area contributed by atoms with Crippen LogP contribution in [0.25, 0.3) is 0 Å². The van der Waals surface area contributed by atoms with E-state index in [2.05, 4.69) is 15.9 Å². The normalized spacial score (nSPS) is 18.9. The summed E-state index contributed by atoms with van der Waals surface area (Å²) < 4.78 is 0. The maximum absolute atomic E-state index is 11.3. The summed E-state index contributed by atoms with van der Waals surface area (Å²) in [4.78, 5) is 11.3. The Labute approximate surface area is 102 Å². The van der Waals surface area contributed by atoms with Gasteiger partial charge >= 0.3 is 0 Å². The highest BCUT2D eigenvalue weighted by Gasteiger charge is 2.33. The third-order valence-electron chi connectivity index (χ3n) is 2.14. The lowest BCUT2D eigenvalue weighted by Crippen LogP contribution is -2.48. The van der Waals surface area contributed by atoms with Gasteiger partial charge < -0.3 is 25.5 Å². The molecule has 0 bridgehead atoms. The molecule has 0 spiro atoms. The van der Waals surface area contributed by atoms with Crippen molar-refractivity contribution in [1.29, 1.82) is 0 Å². The molecule has 0 aliphatic carbocycles. The summed E-state index contributed by atoms with van der Waals surface area (Å²) in [7, 11) is 0. The molecule has 7 heteroatoms. The molecular weight excluding hydrogens is 284 g/mol. The molecular formula is C9H17BrO6. The predicted molar refractivity (Wildman–Crippen MR) is 59.1 cm³/mol. The van der Waals surface area contributed by atoms with Gasteiger partial charge in [0.15, 0.2) is 5.78 Å². The van der Waals surface area contributed by atoms with Crippen LogP contribution in [0.1, 0.15) is 12.8 Å². The zero-order valence-electron chi connectivity index (χ0n) is 8.66. The summed E-state index contributed by atoms with van der Waals surface area (Å²) in [5.41, 5.74) is 0. The molecule has 0 unspecified atom stereocenters. The number of alkyl halides is 1. The summed E-state index contributed by atoms with van der Waals surface area (Å²) >= 11 is 3.11. The second-order valence-electron chi connectivity index (χ2n) is 3.43. The van der Waals surface area contributed by atoms with Crippen LogP contribution in [0.15, 0.2) is 0 Å². The molecule has 0 saturated carbocycles. The Hall–Kier alpha value is -0.0500. The van der Waals surface area contributed by atoms with Crippen molar-refractivity contribution >= 4 is 21.7 Å². The average Bonchev–Trinajstić information content (AvgIpc) is 2.31. The van der Waals surface area contributed by atoms with E-state index in [0.29, 0.717) is 11.8 Å². The monoisotopic (exact) mass is 300 g/mol. The number of carbonyl (C=O) groups is 1. The van der Waals surface area contributed by atoms with E-state index < -0.39 is 36.8 Å². The van der Waals surface area contributed by atoms with E-state index >= 15 is 0 Å². The van der Waals surface area contributed by atoms with Gasteiger partial charge in [-0.15, -0.1) is 0 Å². The zero-order valence-corrected chi connectivity index (χ0v) is 10.2. The van der Waals surface area contributed by atoms with Gasteiger partial charge in [0.1, 0.15) is 24.4 Å². The lowest BCUT2D eigenvalue weighted by molar-refractivity contribution is -0.147. The van der Waals surface area contributed by atoms with Crippen molar-refractivity contribution in [2.75, 3.05) is 11.9 Å². The fraction of sp³-hybridized carbons (Fsp3) is 0.889. The van der Waals surface area contributed by atoms with Gasteiger partial charge in [-0.2, -0.15) is 0 Å². The lowest BCUT2D eigenvalue weighted by Gasteiger charge is -2.24. The predicted octanol–water partition coefficient (Wildman–Crippen LogP) is -1.83. The molecule has 0 saturated heterocycles. The van der Waals surface area contributed by atoms with Crippen molar-refractivity contribution in [2.45, 2.75) is 37.3 Å². The van der Waals surface area contributed by atoms with E-state index in [-0.39, 0.29) is 6.42 Å². The highest BCUT2D eigenvalue weighted by molar-refractivity contribution is 9.09. The second kappa shape index (κ2) is 8.10. The van der Waals surface area contributed by atoms with Gasteiger partial charge in [-0.3, -0.25) is 4.79 Å². The van der Waals surface area contributed by atoms with Crippen LogP contribution in [0, 0.1) is 0 Å². The van der Waals surface area contributed by atoms with Crippen molar-refractivity contribution in [3.63, 3.8) is 0 Å². The summed E-state index contributed by atoms with van der Waals surface area (Å²) in [5, 5.41) is 46.1. The van der Waals surface area contributed by atoms with Gasteiger partial charge in [-0.1, -0.05) is 15.9 Å². The summed E-state index contributed by atoms with van der Waals surface area (Å²) in [6, 6.07) is 0. The van der Waals surface area contributed by atoms with Crippen LogP contribution < -0.4 is 0 Å². The van der Waals surface area contributed by atoms with Crippen molar-refractivity contribution < 1.29 is 30.3 Å². The first kappa shape index (κ1) is 16.0. The molecule has 0 aromatic carbocycles. The molecule has 0 radical (unpaired) electrons. The first-order chi connectivity index (χ1) is 7.45. The van der Waals surface area contributed by atoms with Crippen LogP contribution in [0.5, 0.6) is 0 Å². The number of aliphatic hydroxyl groups excluding tert-OH is 5. The van der Waals surface area contributed by atoms with E-state index in [0.717, 1.165) is 0 Å². The topological polar surface area (TPSA) is 118 Å². The lowest BCUT2D eigenvalue weighted by atomic mass is 9.98. The van der Waals surface area contributed by atoms with Gasteiger partial charge in [0.2, 0.25) is 0 Å². The summed E-state index contributed by atoms with van der Waals surface area (Å²) in [5.74, 6) is -0.615. The number of hydrogen-bond donors (Lipinski definition) is 5. The highest BCUT2D eigenvalue weighted by atomic mass is 79.9. The molecule has 96 valence electrons. The number of ketones is 1. The minimum Gasteiger partial charge on any atom is -0.394 e. The van der Waals surface area contributed by atoms with Gasteiger partial charge in [-0.05, 0) is 6.42 Å². The third kappa shape index (κ3) is 4.86. The van der Waals surface area contributed by atoms with Gasteiger partial charge in [0.25, 0.3) is 0 Å². The maximum Gasteiger partial charge on any atom is 0.164 e. The number of rotatable bonds is 8. The first-order valence-electron chi connectivity index (χ1n) is 4.87. The Morgan fingerprint density at radius 2 is 1.69 bits per heavy atom. The molecule has 5 N–H and O–H groups in total. The molecule has 0 amide bonds. The zero-order chi connectivity index (χ0) is 12.7. The summed E-state index contributed by atoms with van der Waals surface area (Å²) in [6.45, 7) is -0.763. The molecule has 0 rings (SSSR count). The van der Waals surface area contributed by atoms with Crippen molar-refractivity contribution in [3.8, 4) is 0 Å². The van der Waals surface area contributed by atoms with Crippen LogP contribution in [-0.2, 0) is 4.79 Å². The highest BCUT2D eigenvalue weighted by Crippen LogP contribution is 2.09. The van der Waals surface area contributed by atoms with E-state index in [1.165, 1.54) is 0 Å². The standard InChI is InChI=1S/C9H17BrO6/c10-3-1-2-5(12)7(14)9(16)8(15)6(13)4-11/h6-9,11,13-16H,1-4H2/t6-,7-,8-,9-/m1/s1. The molecule has 4 atom stereocenters.